The van der Waals surface area contributed by atoms with Gasteiger partial charge >= 0.3 is 5.97 Å². The molecule has 0 radical (unpaired) electrons. The third-order valence-electron chi connectivity index (χ3n) is 4.05. The molecule has 0 spiro atoms. The van der Waals surface area contributed by atoms with Gasteiger partial charge in [-0.05, 0) is 29.8 Å². The summed E-state index contributed by atoms with van der Waals surface area (Å²) in [4.78, 5) is 16.8. The molecule has 0 saturated heterocycles. The van der Waals surface area contributed by atoms with E-state index in [2.05, 4.69) is 4.98 Å². The Morgan fingerprint density at radius 3 is 2.12 bits per heavy atom. The van der Waals surface area contributed by atoms with E-state index in [9.17, 15) is 4.79 Å². The predicted octanol–water partition coefficient (Wildman–Crippen LogP) is 4.06. The van der Waals surface area contributed by atoms with Crippen LogP contribution < -0.4 is 4.74 Å². The summed E-state index contributed by atoms with van der Waals surface area (Å²) < 4.78 is 11.5. The minimum atomic E-state index is -0.479. The van der Waals surface area contributed by atoms with E-state index < -0.39 is 5.92 Å². The average molecular weight is 317 g/mol. The van der Waals surface area contributed by atoms with Gasteiger partial charge in [0, 0.05) is 23.5 Å². The highest BCUT2D eigenvalue weighted by Crippen LogP contribution is 2.44. The van der Waals surface area contributed by atoms with Gasteiger partial charge in [0.15, 0.2) is 0 Å². The highest BCUT2D eigenvalue weighted by Gasteiger charge is 2.33. The standard InChI is InChI=1S/C20H15NO3/c22-20(23-13-14-9-11-21-12-10-14)19-15-5-1-3-7-17(15)24-18-8-4-2-6-16(18)19/h1-12,19H,13H2. The van der Waals surface area contributed by atoms with Crippen molar-refractivity contribution in [2.75, 3.05) is 0 Å². The number of carbonyl (C=O) groups excluding carboxylic acids is 1. The highest BCUT2D eigenvalue weighted by atomic mass is 16.5. The molecule has 0 saturated carbocycles. The molecule has 0 fully saturated rings. The smallest absolute Gasteiger partial charge is 0.318 e. The molecule has 4 nitrogen and oxygen atoms in total. The lowest BCUT2D eigenvalue weighted by atomic mass is 9.88. The first kappa shape index (κ1) is 14.5. The van der Waals surface area contributed by atoms with Crippen molar-refractivity contribution >= 4 is 5.97 Å². The summed E-state index contributed by atoms with van der Waals surface area (Å²) in [5.41, 5.74) is 2.57. The molecule has 4 heteroatoms. The molecule has 1 aliphatic rings. The van der Waals surface area contributed by atoms with E-state index in [1.165, 1.54) is 0 Å². The van der Waals surface area contributed by atoms with Crippen LogP contribution in [0.2, 0.25) is 0 Å². The van der Waals surface area contributed by atoms with Crippen LogP contribution in [0.25, 0.3) is 0 Å². The number of aromatic nitrogens is 1. The fraction of sp³-hybridized carbons (Fsp3) is 0.100. The van der Waals surface area contributed by atoms with Crippen LogP contribution >= 0.6 is 0 Å². The average Bonchev–Trinajstić information content (AvgIpc) is 2.65. The van der Waals surface area contributed by atoms with Gasteiger partial charge in [-0.15, -0.1) is 0 Å². The Morgan fingerprint density at radius 2 is 1.50 bits per heavy atom. The number of benzene rings is 2. The Morgan fingerprint density at radius 1 is 0.917 bits per heavy atom. The second kappa shape index (κ2) is 6.16. The Balaban J connectivity index is 1.65. The largest absolute Gasteiger partial charge is 0.460 e. The molecule has 0 aliphatic carbocycles. The third kappa shape index (κ3) is 2.63. The van der Waals surface area contributed by atoms with E-state index in [0.29, 0.717) is 11.5 Å². The number of nitrogens with zero attached hydrogens (tertiary/aromatic N) is 1. The number of hydrogen-bond acceptors (Lipinski definition) is 4. The zero-order valence-corrected chi connectivity index (χ0v) is 12.9. The molecular formula is C20H15NO3. The Labute approximate surface area is 139 Å². The van der Waals surface area contributed by atoms with E-state index in [4.69, 9.17) is 9.47 Å². The van der Waals surface area contributed by atoms with E-state index in [-0.39, 0.29) is 12.6 Å². The van der Waals surface area contributed by atoms with Crippen molar-refractivity contribution in [1.29, 1.82) is 0 Å². The fourth-order valence-electron chi connectivity index (χ4n) is 2.88. The fourth-order valence-corrected chi connectivity index (χ4v) is 2.88. The number of hydrogen-bond donors (Lipinski definition) is 0. The number of carbonyl (C=O) groups is 1. The number of esters is 1. The zero-order chi connectivity index (χ0) is 16.4. The maximum absolute atomic E-state index is 12.8. The lowest BCUT2D eigenvalue weighted by Gasteiger charge is -2.26. The van der Waals surface area contributed by atoms with Crippen LogP contribution in [0.5, 0.6) is 11.5 Å². The van der Waals surface area contributed by atoms with E-state index >= 15 is 0 Å². The van der Waals surface area contributed by atoms with Crippen LogP contribution in [0.1, 0.15) is 22.6 Å². The van der Waals surface area contributed by atoms with Crippen LogP contribution in [-0.4, -0.2) is 11.0 Å². The molecule has 4 rings (SSSR count). The lowest BCUT2D eigenvalue weighted by Crippen LogP contribution is -2.21. The molecule has 1 aromatic heterocycles. The monoisotopic (exact) mass is 317 g/mol. The van der Waals surface area contributed by atoms with E-state index in [1.807, 2.05) is 60.7 Å². The number of fused-ring (bicyclic) bond motifs is 2. The van der Waals surface area contributed by atoms with Crippen molar-refractivity contribution in [2.45, 2.75) is 12.5 Å². The summed E-state index contributed by atoms with van der Waals surface area (Å²) in [6.07, 6.45) is 3.37. The summed E-state index contributed by atoms with van der Waals surface area (Å²) in [6.45, 7) is 0.225. The number of pyridine rings is 1. The van der Waals surface area contributed by atoms with Gasteiger partial charge in [0.1, 0.15) is 24.0 Å². The third-order valence-corrected chi connectivity index (χ3v) is 4.05. The van der Waals surface area contributed by atoms with Gasteiger partial charge in [-0.25, -0.2) is 0 Å². The van der Waals surface area contributed by atoms with Crippen molar-refractivity contribution in [2.24, 2.45) is 0 Å². The molecule has 0 unspecified atom stereocenters. The Kier molecular flexibility index (Phi) is 3.71. The Hall–Kier alpha value is -3.14. The van der Waals surface area contributed by atoms with Crippen molar-refractivity contribution in [1.82, 2.24) is 4.98 Å². The van der Waals surface area contributed by atoms with Gasteiger partial charge in [0.2, 0.25) is 0 Å². The quantitative estimate of drug-likeness (QED) is 0.683. The summed E-state index contributed by atoms with van der Waals surface area (Å²) in [7, 11) is 0. The number of rotatable bonds is 3. The first-order chi connectivity index (χ1) is 11.8. The van der Waals surface area contributed by atoms with Gasteiger partial charge in [-0.3, -0.25) is 9.78 Å². The van der Waals surface area contributed by atoms with Crippen molar-refractivity contribution in [3.05, 3.63) is 89.7 Å². The maximum Gasteiger partial charge on any atom is 0.318 e. The zero-order valence-electron chi connectivity index (χ0n) is 12.9. The molecule has 0 N–H and O–H groups in total. The number of para-hydroxylation sites is 2. The first-order valence-corrected chi connectivity index (χ1v) is 7.74. The SMILES string of the molecule is O=C(OCc1ccncc1)C1c2ccccc2Oc2ccccc21. The van der Waals surface area contributed by atoms with Crippen LogP contribution in [0.4, 0.5) is 0 Å². The van der Waals surface area contributed by atoms with Gasteiger partial charge in [0.05, 0.1) is 0 Å². The Bertz CT molecular complexity index is 831. The summed E-state index contributed by atoms with van der Waals surface area (Å²) >= 11 is 0. The normalized spacial score (nSPS) is 12.7. The molecule has 3 aromatic rings. The highest BCUT2D eigenvalue weighted by molar-refractivity contribution is 5.85. The summed E-state index contributed by atoms with van der Waals surface area (Å²) in [5.74, 6) is 0.632. The molecular weight excluding hydrogens is 302 g/mol. The summed E-state index contributed by atoms with van der Waals surface area (Å²) in [6, 6.07) is 18.8. The molecule has 0 bridgehead atoms. The van der Waals surface area contributed by atoms with E-state index in [1.54, 1.807) is 12.4 Å². The summed E-state index contributed by atoms with van der Waals surface area (Å²) in [5, 5.41) is 0. The van der Waals surface area contributed by atoms with Crippen molar-refractivity contribution < 1.29 is 14.3 Å². The minimum Gasteiger partial charge on any atom is -0.460 e. The second-order valence-corrected chi connectivity index (χ2v) is 5.57. The second-order valence-electron chi connectivity index (χ2n) is 5.57. The van der Waals surface area contributed by atoms with Crippen molar-refractivity contribution in [3.63, 3.8) is 0 Å². The van der Waals surface area contributed by atoms with Gasteiger partial charge in [-0.1, -0.05) is 36.4 Å². The minimum absolute atomic E-state index is 0.225. The number of ether oxygens (including phenoxy) is 2. The predicted molar refractivity (Wildman–Crippen MR) is 88.8 cm³/mol. The molecule has 1 aliphatic heterocycles. The topological polar surface area (TPSA) is 48.4 Å². The van der Waals surface area contributed by atoms with Crippen LogP contribution in [0.15, 0.2) is 73.1 Å². The molecule has 118 valence electrons. The van der Waals surface area contributed by atoms with Crippen LogP contribution in [0, 0.1) is 0 Å². The maximum atomic E-state index is 12.8. The van der Waals surface area contributed by atoms with Crippen LogP contribution in [0.3, 0.4) is 0 Å². The van der Waals surface area contributed by atoms with E-state index in [0.717, 1.165) is 16.7 Å². The molecule has 2 aromatic carbocycles. The molecule has 2 heterocycles. The van der Waals surface area contributed by atoms with Gasteiger partial charge in [0.25, 0.3) is 0 Å². The lowest BCUT2D eigenvalue weighted by molar-refractivity contribution is -0.145. The van der Waals surface area contributed by atoms with Gasteiger partial charge in [-0.2, -0.15) is 0 Å². The van der Waals surface area contributed by atoms with Gasteiger partial charge < -0.3 is 9.47 Å². The molecule has 0 amide bonds. The van der Waals surface area contributed by atoms with Crippen molar-refractivity contribution in [3.8, 4) is 11.5 Å². The van der Waals surface area contributed by atoms with Crippen LogP contribution in [-0.2, 0) is 16.1 Å². The first-order valence-electron chi connectivity index (χ1n) is 7.74. The molecule has 0 atom stereocenters. The molecule has 24 heavy (non-hydrogen) atoms.